The molecule has 4 heteroatoms. The average molecular weight is 180 g/mol. The Labute approximate surface area is 73.2 Å². The van der Waals surface area contributed by atoms with Gasteiger partial charge in [0.1, 0.15) is 0 Å². The lowest BCUT2D eigenvalue weighted by molar-refractivity contribution is 0.0901. The van der Waals surface area contributed by atoms with Crippen molar-refractivity contribution in [2.45, 2.75) is 26.2 Å². The van der Waals surface area contributed by atoms with E-state index in [4.69, 9.17) is 5.11 Å². The van der Waals surface area contributed by atoms with E-state index in [-0.39, 0.29) is 0 Å². The average Bonchev–Trinajstić information content (AvgIpc) is 2.02. The van der Waals surface area contributed by atoms with Gasteiger partial charge in [-0.05, 0) is 12.7 Å². The van der Waals surface area contributed by atoms with Crippen LogP contribution in [0.3, 0.4) is 0 Å². The van der Waals surface area contributed by atoms with Gasteiger partial charge in [0.2, 0.25) is 0 Å². The van der Waals surface area contributed by atoms with Crippen LogP contribution in [0, 0.1) is 0 Å². The van der Waals surface area contributed by atoms with Gasteiger partial charge in [-0.3, -0.25) is 0 Å². The molecule has 0 aliphatic heterocycles. The largest absolute Gasteiger partial charge is 0.505 e. The van der Waals surface area contributed by atoms with Gasteiger partial charge in [-0.1, -0.05) is 19.8 Å². The molecule has 0 aromatic carbocycles. The molecule has 0 heterocycles. The maximum atomic E-state index is 9.74. The van der Waals surface area contributed by atoms with Crippen LogP contribution < -0.4 is 0 Å². The number of hydrogen-bond donors (Lipinski definition) is 2. The Morgan fingerprint density at radius 1 is 1.45 bits per heavy atom. The summed E-state index contributed by atoms with van der Waals surface area (Å²) in [5, 5.41) is 7.99. The number of carbonyl (C=O) groups is 1. The van der Waals surface area contributed by atoms with Crippen molar-refractivity contribution in [3.8, 4) is 0 Å². The van der Waals surface area contributed by atoms with E-state index in [9.17, 15) is 4.79 Å². The molecule has 0 aromatic heterocycles. The summed E-state index contributed by atoms with van der Waals surface area (Å²) in [6, 6.07) is 0. The first kappa shape index (κ1) is 13.2. The third-order valence-corrected chi connectivity index (χ3v) is 0.973. The summed E-state index contributed by atoms with van der Waals surface area (Å²) < 4.78 is 4.26. The quantitative estimate of drug-likeness (QED) is 0.397. The van der Waals surface area contributed by atoms with Crippen LogP contribution >= 0.6 is 12.6 Å². The van der Waals surface area contributed by atoms with E-state index >= 15 is 0 Å². The molecule has 0 amide bonds. The Hall–Kier alpha value is -0.380. The first-order valence-electron chi connectivity index (χ1n) is 3.57. The van der Waals surface area contributed by atoms with E-state index in [0.29, 0.717) is 6.61 Å². The highest BCUT2D eigenvalue weighted by molar-refractivity contribution is 7.79. The molecule has 3 nitrogen and oxygen atoms in total. The van der Waals surface area contributed by atoms with E-state index in [1.54, 1.807) is 6.26 Å². The maximum absolute atomic E-state index is 9.74. The summed E-state index contributed by atoms with van der Waals surface area (Å²) in [5.74, 6) is 0. The lowest BCUT2D eigenvalue weighted by Crippen LogP contribution is -2.00. The molecule has 0 aromatic rings. The number of ether oxygens (including phenoxy) is 1. The van der Waals surface area contributed by atoms with Gasteiger partial charge in [0.15, 0.2) is 0 Å². The number of thiol groups is 1. The molecule has 0 aliphatic carbocycles. The van der Waals surface area contributed by atoms with Gasteiger partial charge < -0.3 is 9.84 Å². The van der Waals surface area contributed by atoms with Gasteiger partial charge in [0, 0.05) is 0 Å². The van der Waals surface area contributed by atoms with Gasteiger partial charge in [-0.25, -0.2) is 4.79 Å². The van der Waals surface area contributed by atoms with Crippen molar-refractivity contribution in [3.05, 3.63) is 0 Å². The topological polar surface area (TPSA) is 46.5 Å². The van der Waals surface area contributed by atoms with Crippen LogP contribution in [-0.2, 0) is 4.74 Å². The predicted octanol–water partition coefficient (Wildman–Crippen LogP) is 2.42. The van der Waals surface area contributed by atoms with Gasteiger partial charge in [0.05, 0.1) is 6.61 Å². The van der Waals surface area contributed by atoms with Gasteiger partial charge in [0.25, 0.3) is 0 Å². The fraction of sp³-hybridized carbons (Fsp3) is 0.857. The van der Waals surface area contributed by atoms with Crippen molar-refractivity contribution < 1.29 is 14.6 Å². The van der Waals surface area contributed by atoms with E-state index in [2.05, 4.69) is 24.3 Å². The van der Waals surface area contributed by atoms with Crippen molar-refractivity contribution in [1.82, 2.24) is 0 Å². The molecular weight excluding hydrogens is 164 g/mol. The summed E-state index contributed by atoms with van der Waals surface area (Å²) in [6.45, 7) is 2.39. The zero-order valence-corrected chi connectivity index (χ0v) is 7.93. The minimum atomic E-state index is -1.17. The summed E-state index contributed by atoms with van der Waals surface area (Å²) in [6.07, 6.45) is 3.48. The fourth-order valence-electron chi connectivity index (χ4n) is 0.512. The maximum Gasteiger partial charge on any atom is 0.505 e. The second-order valence-corrected chi connectivity index (χ2v) is 1.82. The molecule has 0 rings (SSSR count). The number of unbranched alkanes of at least 4 members (excludes halogenated alkanes) is 2. The number of hydrogen-bond acceptors (Lipinski definition) is 3. The molecule has 0 bridgehead atoms. The van der Waals surface area contributed by atoms with E-state index in [0.717, 1.165) is 19.3 Å². The van der Waals surface area contributed by atoms with Crippen LogP contribution in [0.2, 0.25) is 0 Å². The molecule has 0 saturated carbocycles. The van der Waals surface area contributed by atoms with Crippen LogP contribution in [-0.4, -0.2) is 24.1 Å². The zero-order chi connectivity index (χ0) is 9.11. The normalized spacial score (nSPS) is 7.91. The van der Waals surface area contributed by atoms with Gasteiger partial charge in [-0.15, -0.1) is 0 Å². The van der Waals surface area contributed by atoms with Crippen LogP contribution in [0.5, 0.6) is 0 Å². The van der Waals surface area contributed by atoms with Crippen LogP contribution in [0.25, 0.3) is 0 Å². The molecule has 1 N–H and O–H groups in total. The van der Waals surface area contributed by atoms with Crippen molar-refractivity contribution in [2.24, 2.45) is 0 Å². The van der Waals surface area contributed by atoms with E-state index in [1.165, 1.54) is 0 Å². The van der Waals surface area contributed by atoms with Crippen LogP contribution in [0.4, 0.5) is 4.79 Å². The van der Waals surface area contributed by atoms with Gasteiger partial charge in [-0.2, -0.15) is 12.6 Å². The highest BCUT2D eigenvalue weighted by Crippen LogP contribution is 1.93. The number of rotatable bonds is 4. The SMILES string of the molecule is CCCCCOC(=O)O.CS. The summed E-state index contributed by atoms with van der Waals surface area (Å²) in [7, 11) is 0. The van der Waals surface area contributed by atoms with Crippen molar-refractivity contribution in [3.63, 3.8) is 0 Å². The highest BCUT2D eigenvalue weighted by Gasteiger charge is 1.92. The fourth-order valence-corrected chi connectivity index (χ4v) is 0.512. The third-order valence-electron chi connectivity index (χ3n) is 0.973. The monoisotopic (exact) mass is 180 g/mol. The molecule has 0 radical (unpaired) electrons. The second kappa shape index (κ2) is 12.3. The smallest absolute Gasteiger partial charge is 0.450 e. The molecule has 68 valence electrons. The summed E-state index contributed by atoms with van der Waals surface area (Å²) >= 11 is 3.53. The first-order chi connectivity index (χ1) is 5.27. The standard InChI is InChI=1S/C6H12O3.CH4S/c1-2-3-4-5-9-6(7)8;1-2/h2-5H2,1H3,(H,7,8);2H,1H3. The highest BCUT2D eigenvalue weighted by atomic mass is 32.1. The Bertz CT molecular complexity index is 85.8. The first-order valence-corrected chi connectivity index (χ1v) is 4.47. The third kappa shape index (κ3) is 17.7. The number of carboxylic acid groups (broad SMARTS) is 1. The van der Waals surface area contributed by atoms with E-state index < -0.39 is 6.16 Å². The predicted molar refractivity (Wildman–Crippen MR) is 48.4 cm³/mol. The molecule has 0 saturated heterocycles. The molecule has 0 unspecified atom stereocenters. The van der Waals surface area contributed by atoms with Crippen LogP contribution in [0.1, 0.15) is 26.2 Å². The van der Waals surface area contributed by atoms with E-state index in [1.807, 2.05) is 0 Å². The van der Waals surface area contributed by atoms with Crippen LogP contribution in [0.15, 0.2) is 0 Å². The molecule has 11 heavy (non-hydrogen) atoms. The zero-order valence-electron chi connectivity index (χ0n) is 7.04. The molecule has 0 aliphatic rings. The Balaban J connectivity index is 0. The molecule has 0 atom stereocenters. The minimum Gasteiger partial charge on any atom is -0.450 e. The minimum absolute atomic E-state index is 0.336. The second-order valence-electron chi connectivity index (χ2n) is 1.82. The summed E-state index contributed by atoms with van der Waals surface area (Å²) in [4.78, 5) is 9.74. The molecule has 0 spiro atoms. The lowest BCUT2D eigenvalue weighted by Gasteiger charge is -1.96. The van der Waals surface area contributed by atoms with Crippen molar-refractivity contribution in [2.75, 3.05) is 12.9 Å². The lowest BCUT2D eigenvalue weighted by atomic mass is 10.3. The van der Waals surface area contributed by atoms with Crippen molar-refractivity contribution >= 4 is 18.8 Å². The van der Waals surface area contributed by atoms with Gasteiger partial charge >= 0.3 is 6.16 Å². The Morgan fingerprint density at radius 3 is 2.36 bits per heavy atom. The van der Waals surface area contributed by atoms with Crippen molar-refractivity contribution in [1.29, 1.82) is 0 Å². The molecule has 0 fully saturated rings. The summed E-state index contributed by atoms with van der Waals surface area (Å²) in [5.41, 5.74) is 0. The Kier molecular flexibility index (Phi) is 14.8. The Morgan fingerprint density at radius 2 is 2.00 bits per heavy atom. The molecular formula is C7H16O3S.